The Labute approximate surface area is 194 Å². The fourth-order valence-electron chi connectivity index (χ4n) is 4.14. The predicted molar refractivity (Wildman–Crippen MR) is 131 cm³/mol. The molecule has 0 unspecified atom stereocenters. The number of carbonyl (C=O) groups excluding carboxylic acids is 1. The third-order valence-electron chi connectivity index (χ3n) is 6.84. The van der Waals surface area contributed by atoms with Gasteiger partial charge in [-0.3, -0.25) is 4.90 Å². The first-order chi connectivity index (χ1) is 14.7. The molecule has 0 aromatic carbocycles. The minimum atomic E-state index is -1.83. The van der Waals surface area contributed by atoms with Crippen molar-refractivity contribution in [1.82, 2.24) is 9.88 Å². The second-order valence-corrected chi connectivity index (χ2v) is 16.2. The van der Waals surface area contributed by atoms with Crippen LogP contribution in [0.1, 0.15) is 65.6 Å². The molecule has 1 saturated heterocycles. The Balaban J connectivity index is 1.81. The van der Waals surface area contributed by atoms with Gasteiger partial charge in [0.15, 0.2) is 8.32 Å². The van der Waals surface area contributed by atoms with Crippen molar-refractivity contribution in [2.45, 2.75) is 96.6 Å². The third-order valence-corrected chi connectivity index (χ3v) is 11.4. The Hall–Kier alpha value is -1.86. The maximum atomic E-state index is 12.9. The van der Waals surface area contributed by atoms with Crippen molar-refractivity contribution in [3.05, 3.63) is 29.5 Å². The highest BCUT2D eigenvalue weighted by Crippen LogP contribution is 2.43. The first kappa shape index (κ1) is 24.8. The summed E-state index contributed by atoms with van der Waals surface area (Å²) in [5, 5.41) is 0.165. The van der Waals surface area contributed by atoms with Gasteiger partial charge in [0.05, 0.1) is 24.9 Å². The van der Waals surface area contributed by atoms with Gasteiger partial charge in [0.25, 0.3) is 0 Å². The topological polar surface area (TPSA) is 60.9 Å². The van der Waals surface area contributed by atoms with E-state index < -0.39 is 13.9 Å². The van der Waals surface area contributed by atoms with Crippen LogP contribution in [0.2, 0.25) is 18.1 Å². The SMILES string of the molecule is COc1ccc(C2=C[C@@H]3CC[C@H]2N3C(=O)OC(C)(C)C)c(CCO[Si](C)(C)C(C)(C)C)n1. The fourth-order valence-corrected chi connectivity index (χ4v) is 5.18. The van der Waals surface area contributed by atoms with E-state index in [-0.39, 0.29) is 23.2 Å². The van der Waals surface area contributed by atoms with Crippen molar-refractivity contribution in [2.75, 3.05) is 13.7 Å². The van der Waals surface area contributed by atoms with Crippen molar-refractivity contribution >= 4 is 20.0 Å². The standard InChI is InChI=1S/C25H40N2O4Si/c1-24(2,3)31-23(28)27-17-10-12-21(27)19(16-17)18-11-13-22(29-7)26-20(18)14-15-30-32(8,9)25(4,5)6/h11,13,16-17,21H,10,12,14-15H2,1-9H3/t17-,21+/m0/s1. The number of hydrogen-bond acceptors (Lipinski definition) is 5. The van der Waals surface area contributed by atoms with Gasteiger partial charge in [-0.15, -0.1) is 0 Å². The van der Waals surface area contributed by atoms with Crippen LogP contribution in [-0.4, -0.2) is 55.7 Å². The number of ether oxygens (including phenoxy) is 2. The molecule has 0 radical (unpaired) electrons. The molecule has 0 saturated carbocycles. The van der Waals surface area contributed by atoms with E-state index in [1.807, 2.05) is 31.7 Å². The van der Waals surface area contributed by atoms with Gasteiger partial charge in [0.1, 0.15) is 5.60 Å². The van der Waals surface area contributed by atoms with E-state index in [2.05, 4.69) is 46.0 Å². The van der Waals surface area contributed by atoms with Crippen LogP contribution in [0.25, 0.3) is 5.57 Å². The Morgan fingerprint density at radius 2 is 1.84 bits per heavy atom. The van der Waals surface area contributed by atoms with Gasteiger partial charge in [0.2, 0.25) is 5.88 Å². The average Bonchev–Trinajstić information content (AvgIpc) is 3.23. The maximum Gasteiger partial charge on any atom is 0.411 e. The number of nitrogens with zero attached hydrogens (tertiary/aromatic N) is 2. The molecule has 1 aromatic rings. The lowest BCUT2D eigenvalue weighted by Crippen LogP contribution is -2.41. The number of rotatable bonds is 6. The smallest absolute Gasteiger partial charge is 0.411 e. The molecule has 1 fully saturated rings. The van der Waals surface area contributed by atoms with E-state index in [0.717, 1.165) is 24.1 Å². The van der Waals surface area contributed by atoms with Crippen LogP contribution < -0.4 is 4.74 Å². The van der Waals surface area contributed by atoms with Crippen molar-refractivity contribution in [3.63, 3.8) is 0 Å². The fraction of sp³-hybridized carbons (Fsp3) is 0.680. The van der Waals surface area contributed by atoms with Crippen molar-refractivity contribution in [3.8, 4) is 5.88 Å². The van der Waals surface area contributed by atoms with Gasteiger partial charge in [0, 0.05) is 24.7 Å². The Bertz CT molecular complexity index is 883. The molecule has 178 valence electrons. The molecule has 2 aliphatic rings. The van der Waals surface area contributed by atoms with Crippen LogP contribution >= 0.6 is 0 Å². The lowest BCUT2D eigenvalue weighted by molar-refractivity contribution is 0.0235. The molecule has 0 aliphatic carbocycles. The molecule has 32 heavy (non-hydrogen) atoms. The summed E-state index contributed by atoms with van der Waals surface area (Å²) in [6.45, 7) is 17.6. The molecular weight excluding hydrogens is 420 g/mol. The largest absolute Gasteiger partial charge is 0.481 e. The summed E-state index contributed by atoms with van der Waals surface area (Å²) >= 11 is 0. The minimum Gasteiger partial charge on any atom is -0.481 e. The van der Waals surface area contributed by atoms with E-state index in [4.69, 9.17) is 18.9 Å². The van der Waals surface area contributed by atoms with Crippen molar-refractivity contribution in [1.29, 1.82) is 0 Å². The zero-order valence-corrected chi connectivity index (χ0v) is 22.2. The molecule has 0 spiro atoms. The second kappa shape index (κ2) is 8.82. The van der Waals surface area contributed by atoms with Crippen LogP contribution in [0.15, 0.2) is 18.2 Å². The number of amides is 1. The normalized spacial score (nSPS) is 21.0. The summed E-state index contributed by atoms with van der Waals surface area (Å²) in [4.78, 5) is 19.6. The highest BCUT2D eigenvalue weighted by atomic mass is 28.4. The first-order valence-corrected chi connectivity index (χ1v) is 14.6. The molecule has 6 nitrogen and oxygen atoms in total. The molecule has 0 N–H and O–H groups in total. The van der Waals surface area contributed by atoms with E-state index in [9.17, 15) is 4.79 Å². The highest BCUT2D eigenvalue weighted by molar-refractivity contribution is 6.74. The zero-order valence-electron chi connectivity index (χ0n) is 21.2. The monoisotopic (exact) mass is 460 g/mol. The number of hydrogen-bond donors (Lipinski definition) is 0. The summed E-state index contributed by atoms with van der Waals surface area (Å²) in [5.41, 5.74) is 2.72. The van der Waals surface area contributed by atoms with E-state index >= 15 is 0 Å². The van der Waals surface area contributed by atoms with E-state index in [1.54, 1.807) is 7.11 Å². The summed E-state index contributed by atoms with van der Waals surface area (Å²) in [6, 6.07) is 4.10. The maximum absolute atomic E-state index is 12.9. The minimum absolute atomic E-state index is 0.0325. The second-order valence-electron chi connectivity index (χ2n) is 11.4. The molecule has 2 bridgehead atoms. The van der Waals surface area contributed by atoms with Crippen LogP contribution in [0.3, 0.4) is 0 Å². The van der Waals surface area contributed by atoms with Crippen LogP contribution in [0.5, 0.6) is 5.88 Å². The lowest BCUT2D eigenvalue weighted by Gasteiger charge is -2.36. The Kier molecular flexibility index (Phi) is 6.83. The van der Waals surface area contributed by atoms with Gasteiger partial charge >= 0.3 is 6.09 Å². The van der Waals surface area contributed by atoms with Gasteiger partial charge in [-0.25, -0.2) is 9.78 Å². The first-order valence-electron chi connectivity index (χ1n) is 11.6. The lowest BCUT2D eigenvalue weighted by atomic mass is 9.91. The van der Waals surface area contributed by atoms with Gasteiger partial charge in [-0.2, -0.15) is 0 Å². The van der Waals surface area contributed by atoms with Gasteiger partial charge in [-0.1, -0.05) is 26.8 Å². The van der Waals surface area contributed by atoms with Crippen molar-refractivity contribution < 1.29 is 18.7 Å². The van der Waals surface area contributed by atoms with Crippen LogP contribution in [-0.2, 0) is 15.6 Å². The highest BCUT2D eigenvalue weighted by Gasteiger charge is 2.45. The molecule has 2 aliphatic heterocycles. The average molecular weight is 461 g/mol. The third kappa shape index (κ3) is 5.20. The number of pyridine rings is 1. The molecule has 2 atom stereocenters. The predicted octanol–water partition coefficient (Wildman–Crippen LogP) is 5.82. The number of aromatic nitrogens is 1. The number of carbonyl (C=O) groups is 1. The summed E-state index contributed by atoms with van der Waals surface area (Å²) in [5.74, 6) is 0.601. The molecular formula is C25H40N2O4Si. The molecule has 3 rings (SSSR count). The zero-order chi connectivity index (χ0) is 23.9. The van der Waals surface area contributed by atoms with Crippen LogP contribution in [0.4, 0.5) is 4.79 Å². The summed E-state index contributed by atoms with van der Waals surface area (Å²) in [6.07, 6.45) is 4.61. The van der Waals surface area contributed by atoms with E-state index in [1.165, 1.54) is 5.57 Å². The molecule has 3 heterocycles. The number of fused-ring (bicyclic) bond motifs is 2. The van der Waals surface area contributed by atoms with Crippen molar-refractivity contribution in [2.24, 2.45) is 0 Å². The summed E-state index contributed by atoms with van der Waals surface area (Å²) in [7, 11) is -0.197. The van der Waals surface area contributed by atoms with Gasteiger partial charge < -0.3 is 13.9 Å². The van der Waals surface area contributed by atoms with Crippen LogP contribution in [0, 0.1) is 0 Å². The summed E-state index contributed by atoms with van der Waals surface area (Å²) < 4.78 is 17.5. The quantitative estimate of drug-likeness (QED) is 0.501. The molecule has 1 amide bonds. The Morgan fingerprint density at radius 1 is 1.16 bits per heavy atom. The van der Waals surface area contributed by atoms with E-state index in [0.29, 0.717) is 18.9 Å². The molecule has 1 aromatic heterocycles. The van der Waals surface area contributed by atoms with Gasteiger partial charge in [-0.05, 0) is 63.4 Å². The Morgan fingerprint density at radius 3 is 2.44 bits per heavy atom. The molecule has 7 heteroatoms. The number of methoxy groups -OCH3 is 1.